The molecule has 5 nitrogen and oxygen atoms in total. The molecule has 110 valence electrons. The van der Waals surface area contributed by atoms with E-state index in [4.69, 9.17) is 5.11 Å². The summed E-state index contributed by atoms with van der Waals surface area (Å²) in [7, 11) is 0. The first-order valence-electron chi connectivity index (χ1n) is 6.68. The Bertz CT molecular complexity index is 330. The molecule has 0 aliphatic heterocycles. The Morgan fingerprint density at radius 2 is 1.95 bits per heavy atom. The summed E-state index contributed by atoms with van der Waals surface area (Å²) in [5.74, 6) is -1.06. The quantitative estimate of drug-likeness (QED) is 0.637. The highest BCUT2D eigenvalue weighted by Crippen LogP contribution is 2.46. The minimum atomic E-state index is -0.850. The van der Waals surface area contributed by atoms with Crippen LogP contribution in [0.15, 0.2) is 0 Å². The van der Waals surface area contributed by atoms with Crippen LogP contribution in [0.1, 0.15) is 33.1 Å². The zero-order valence-corrected chi connectivity index (χ0v) is 12.7. The number of hydrogen-bond acceptors (Lipinski definition) is 3. The van der Waals surface area contributed by atoms with E-state index in [0.717, 1.165) is 12.8 Å². The Kier molecular flexibility index (Phi) is 5.97. The van der Waals surface area contributed by atoms with Gasteiger partial charge in [0.15, 0.2) is 0 Å². The highest BCUT2D eigenvalue weighted by Gasteiger charge is 2.41. The molecule has 6 heteroatoms. The molecular weight excluding hydrogens is 264 g/mol. The summed E-state index contributed by atoms with van der Waals surface area (Å²) >= 11 is 1.78. The average Bonchev–Trinajstić information content (AvgIpc) is 3.12. The number of aliphatic carboxylic acids is 1. The fourth-order valence-corrected chi connectivity index (χ4v) is 2.68. The van der Waals surface area contributed by atoms with Crippen LogP contribution in [0.2, 0.25) is 0 Å². The molecule has 3 N–H and O–H groups in total. The van der Waals surface area contributed by atoms with Crippen LogP contribution in [0, 0.1) is 11.8 Å². The van der Waals surface area contributed by atoms with Crippen molar-refractivity contribution in [3.63, 3.8) is 0 Å². The lowest BCUT2D eigenvalue weighted by Gasteiger charge is -2.17. The Balaban J connectivity index is 2.25. The van der Waals surface area contributed by atoms with E-state index < -0.39 is 11.9 Å². The van der Waals surface area contributed by atoms with Gasteiger partial charge < -0.3 is 15.7 Å². The van der Waals surface area contributed by atoms with Crippen molar-refractivity contribution in [3.8, 4) is 0 Å². The van der Waals surface area contributed by atoms with Gasteiger partial charge in [0.2, 0.25) is 0 Å². The number of carbonyl (C=O) groups excluding carboxylic acids is 1. The molecule has 1 aliphatic rings. The predicted molar refractivity (Wildman–Crippen MR) is 77.5 cm³/mol. The summed E-state index contributed by atoms with van der Waals surface area (Å²) in [6.45, 7) is 4.80. The molecule has 0 saturated heterocycles. The van der Waals surface area contributed by atoms with Crippen molar-refractivity contribution in [1.82, 2.24) is 10.6 Å². The van der Waals surface area contributed by atoms with E-state index in [1.807, 2.05) is 13.8 Å². The van der Waals surface area contributed by atoms with Gasteiger partial charge in [-0.15, -0.1) is 0 Å². The fourth-order valence-electron chi connectivity index (χ4n) is 1.95. The molecule has 2 amide bonds. The second kappa shape index (κ2) is 7.03. The monoisotopic (exact) mass is 288 g/mol. The molecule has 0 heterocycles. The molecule has 0 radical (unpaired) electrons. The van der Waals surface area contributed by atoms with E-state index in [0.29, 0.717) is 18.9 Å². The molecule has 0 spiro atoms. The van der Waals surface area contributed by atoms with Crippen LogP contribution in [0.5, 0.6) is 0 Å². The van der Waals surface area contributed by atoms with E-state index in [9.17, 15) is 9.59 Å². The van der Waals surface area contributed by atoms with Crippen LogP contribution in [-0.4, -0.2) is 41.2 Å². The van der Waals surface area contributed by atoms with Crippen LogP contribution in [0.3, 0.4) is 0 Å². The molecule has 0 bridgehead atoms. The fraction of sp³-hybridized carbons (Fsp3) is 0.846. The van der Waals surface area contributed by atoms with Crippen molar-refractivity contribution in [2.24, 2.45) is 11.8 Å². The number of hydrogen-bond donors (Lipinski definition) is 3. The maximum Gasteiger partial charge on any atom is 0.314 e. The number of carboxylic acid groups (broad SMARTS) is 1. The van der Waals surface area contributed by atoms with Gasteiger partial charge >= 0.3 is 12.0 Å². The van der Waals surface area contributed by atoms with Gasteiger partial charge in [0, 0.05) is 17.8 Å². The number of nitrogens with one attached hydrogen (secondary N) is 2. The second-order valence-corrected chi connectivity index (χ2v) is 6.89. The number of thioether (sulfide) groups is 1. The Labute approximate surface area is 118 Å². The third-order valence-electron chi connectivity index (χ3n) is 3.43. The van der Waals surface area contributed by atoms with Crippen molar-refractivity contribution < 1.29 is 14.7 Å². The molecule has 0 aromatic rings. The van der Waals surface area contributed by atoms with Crippen molar-refractivity contribution in [1.29, 1.82) is 0 Å². The zero-order valence-electron chi connectivity index (χ0n) is 11.9. The predicted octanol–water partition coefficient (Wildman–Crippen LogP) is 1.93. The van der Waals surface area contributed by atoms with Gasteiger partial charge in [0.25, 0.3) is 0 Å². The highest BCUT2D eigenvalue weighted by atomic mass is 32.2. The minimum absolute atomic E-state index is 0.186. The number of rotatable bonds is 8. The first-order valence-corrected chi connectivity index (χ1v) is 7.90. The van der Waals surface area contributed by atoms with E-state index in [1.54, 1.807) is 11.8 Å². The van der Waals surface area contributed by atoms with Crippen LogP contribution in [0.4, 0.5) is 4.79 Å². The third kappa shape index (κ3) is 5.72. The Hall–Kier alpha value is -0.910. The molecular formula is C13H24N2O3S. The Morgan fingerprint density at radius 1 is 1.32 bits per heavy atom. The zero-order chi connectivity index (χ0) is 14.5. The van der Waals surface area contributed by atoms with Crippen molar-refractivity contribution in [3.05, 3.63) is 0 Å². The second-order valence-electron chi connectivity index (χ2n) is 5.62. The van der Waals surface area contributed by atoms with Gasteiger partial charge in [-0.2, -0.15) is 11.8 Å². The minimum Gasteiger partial charge on any atom is -0.481 e. The lowest BCUT2D eigenvalue weighted by Crippen LogP contribution is -2.42. The average molecular weight is 288 g/mol. The van der Waals surface area contributed by atoms with Gasteiger partial charge in [-0.1, -0.05) is 13.8 Å². The van der Waals surface area contributed by atoms with E-state index in [-0.39, 0.29) is 17.3 Å². The lowest BCUT2D eigenvalue weighted by molar-refractivity contribution is -0.142. The number of urea groups is 1. The first kappa shape index (κ1) is 16.1. The van der Waals surface area contributed by atoms with Crippen molar-refractivity contribution in [2.45, 2.75) is 37.9 Å². The van der Waals surface area contributed by atoms with Gasteiger partial charge in [0.1, 0.15) is 0 Å². The van der Waals surface area contributed by atoms with Gasteiger partial charge in [-0.3, -0.25) is 4.79 Å². The number of carbonyl (C=O) groups is 2. The summed E-state index contributed by atoms with van der Waals surface area (Å²) in [4.78, 5) is 22.7. The molecule has 1 fully saturated rings. The largest absolute Gasteiger partial charge is 0.481 e. The molecule has 1 saturated carbocycles. The molecule has 0 aromatic carbocycles. The van der Waals surface area contributed by atoms with E-state index in [1.165, 1.54) is 0 Å². The van der Waals surface area contributed by atoms with E-state index in [2.05, 4.69) is 16.9 Å². The smallest absolute Gasteiger partial charge is 0.314 e. The number of amides is 2. The topological polar surface area (TPSA) is 78.4 Å². The van der Waals surface area contributed by atoms with Crippen LogP contribution < -0.4 is 10.6 Å². The standard InChI is InChI=1S/C13H24N2O3S/c1-9(2)6-10(11(16)17)7-14-12(18)15-8-13(19-3)4-5-13/h9-10H,4-8H2,1-3H3,(H,16,17)(H2,14,15,18). The molecule has 1 rings (SSSR count). The summed E-state index contributed by atoms with van der Waals surface area (Å²) in [6.07, 6.45) is 4.90. The summed E-state index contributed by atoms with van der Waals surface area (Å²) in [6, 6.07) is -0.268. The molecule has 0 aromatic heterocycles. The van der Waals surface area contributed by atoms with Crippen molar-refractivity contribution >= 4 is 23.8 Å². The molecule has 1 atom stereocenters. The third-order valence-corrected chi connectivity index (χ3v) is 4.84. The first-order chi connectivity index (χ1) is 8.88. The summed E-state index contributed by atoms with van der Waals surface area (Å²) in [5.41, 5.74) is 0. The summed E-state index contributed by atoms with van der Waals surface area (Å²) < 4.78 is 0.224. The summed E-state index contributed by atoms with van der Waals surface area (Å²) in [5, 5.41) is 14.5. The SMILES string of the molecule is CSC1(CNC(=O)NCC(CC(C)C)C(=O)O)CC1. The van der Waals surface area contributed by atoms with Crippen LogP contribution in [-0.2, 0) is 4.79 Å². The highest BCUT2D eigenvalue weighted by molar-refractivity contribution is 8.00. The van der Waals surface area contributed by atoms with Crippen LogP contribution >= 0.6 is 11.8 Å². The maximum atomic E-state index is 11.6. The van der Waals surface area contributed by atoms with Crippen LogP contribution in [0.25, 0.3) is 0 Å². The number of carboxylic acids is 1. The van der Waals surface area contributed by atoms with E-state index >= 15 is 0 Å². The molecule has 1 unspecified atom stereocenters. The molecule has 1 aliphatic carbocycles. The Morgan fingerprint density at radius 3 is 2.37 bits per heavy atom. The maximum absolute atomic E-state index is 11.6. The van der Waals surface area contributed by atoms with Crippen molar-refractivity contribution in [2.75, 3.05) is 19.3 Å². The normalized spacial score (nSPS) is 17.9. The molecule has 19 heavy (non-hydrogen) atoms. The van der Waals surface area contributed by atoms with Gasteiger partial charge in [-0.05, 0) is 31.4 Å². The lowest BCUT2D eigenvalue weighted by atomic mass is 9.97. The van der Waals surface area contributed by atoms with Gasteiger partial charge in [0.05, 0.1) is 5.92 Å². The van der Waals surface area contributed by atoms with Gasteiger partial charge in [-0.25, -0.2) is 4.79 Å².